The third kappa shape index (κ3) is 5.04. The van der Waals surface area contributed by atoms with Crippen molar-refractivity contribution in [2.24, 2.45) is 0 Å². The second-order valence-corrected chi connectivity index (χ2v) is 6.35. The number of benzene rings is 3. The number of nitrogens with zero attached hydrogens (tertiary/aromatic N) is 1. The molecule has 1 atom stereocenters. The lowest BCUT2D eigenvalue weighted by Crippen LogP contribution is -2.31. The molecule has 0 aromatic heterocycles. The quantitative estimate of drug-likeness (QED) is 0.692. The Bertz CT molecular complexity index is 762. The number of hydrogen-bond donors (Lipinski definition) is 1. The van der Waals surface area contributed by atoms with E-state index in [1.807, 2.05) is 91.0 Å². The predicted molar refractivity (Wildman–Crippen MR) is 103 cm³/mol. The second-order valence-electron chi connectivity index (χ2n) is 6.35. The van der Waals surface area contributed by atoms with Crippen molar-refractivity contribution < 1.29 is 9.90 Å². The molecule has 0 heterocycles. The van der Waals surface area contributed by atoms with Crippen LogP contribution in [0.1, 0.15) is 29.2 Å². The minimum absolute atomic E-state index is 0.0611. The van der Waals surface area contributed by atoms with E-state index in [1.54, 1.807) is 4.90 Å². The normalized spacial score (nSPS) is 11.7. The summed E-state index contributed by atoms with van der Waals surface area (Å²) in [5, 5.41) is 10.4. The average Bonchev–Trinajstić information content (AvgIpc) is 2.69. The predicted octanol–water partition coefficient (Wildman–Crippen LogP) is 4.34. The number of rotatable bonds is 7. The minimum Gasteiger partial charge on any atom is -0.388 e. The SMILES string of the molecule is O=C(CC(O)c1ccccc1)N(Cc1ccccc1)Cc1ccccc1. The maximum atomic E-state index is 12.9. The fourth-order valence-corrected chi connectivity index (χ4v) is 2.93. The van der Waals surface area contributed by atoms with Gasteiger partial charge >= 0.3 is 0 Å². The van der Waals surface area contributed by atoms with Crippen LogP contribution in [0.25, 0.3) is 0 Å². The fourth-order valence-electron chi connectivity index (χ4n) is 2.93. The Hall–Kier alpha value is -2.91. The van der Waals surface area contributed by atoms with Gasteiger partial charge in [0.1, 0.15) is 0 Å². The first-order valence-corrected chi connectivity index (χ1v) is 8.81. The molecule has 0 bridgehead atoms. The molecule has 1 amide bonds. The third-order valence-electron chi connectivity index (χ3n) is 4.34. The maximum absolute atomic E-state index is 12.9. The Morgan fingerprint density at radius 3 is 1.62 bits per heavy atom. The second kappa shape index (κ2) is 8.97. The van der Waals surface area contributed by atoms with Crippen LogP contribution in [-0.2, 0) is 17.9 Å². The summed E-state index contributed by atoms with van der Waals surface area (Å²) in [7, 11) is 0. The first kappa shape index (κ1) is 17.9. The van der Waals surface area contributed by atoms with E-state index in [4.69, 9.17) is 0 Å². The molecular weight excluding hydrogens is 322 g/mol. The van der Waals surface area contributed by atoms with Gasteiger partial charge in [-0.3, -0.25) is 4.79 Å². The molecule has 0 saturated heterocycles. The molecule has 1 unspecified atom stereocenters. The Labute approximate surface area is 154 Å². The van der Waals surface area contributed by atoms with Crippen LogP contribution in [0.2, 0.25) is 0 Å². The summed E-state index contributed by atoms with van der Waals surface area (Å²) >= 11 is 0. The standard InChI is InChI=1S/C23H23NO2/c25-22(21-14-8-3-9-15-21)16-23(26)24(17-19-10-4-1-5-11-19)18-20-12-6-2-7-13-20/h1-15,22,25H,16-18H2. The Kier molecular flexibility index (Phi) is 6.18. The van der Waals surface area contributed by atoms with Crippen molar-refractivity contribution in [2.45, 2.75) is 25.6 Å². The monoisotopic (exact) mass is 345 g/mol. The van der Waals surface area contributed by atoms with Crippen LogP contribution in [-0.4, -0.2) is 15.9 Å². The number of carbonyl (C=O) groups is 1. The lowest BCUT2D eigenvalue weighted by atomic mass is 10.1. The zero-order valence-corrected chi connectivity index (χ0v) is 14.7. The van der Waals surface area contributed by atoms with Crippen LogP contribution in [0.15, 0.2) is 91.0 Å². The van der Waals surface area contributed by atoms with Gasteiger partial charge in [0.05, 0.1) is 12.5 Å². The van der Waals surface area contributed by atoms with Crippen LogP contribution in [0.5, 0.6) is 0 Å². The zero-order chi connectivity index (χ0) is 18.2. The first-order valence-electron chi connectivity index (χ1n) is 8.81. The zero-order valence-electron chi connectivity index (χ0n) is 14.7. The van der Waals surface area contributed by atoms with Crippen molar-refractivity contribution in [3.63, 3.8) is 0 Å². The highest BCUT2D eigenvalue weighted by Crippen LogP contribution is 2.19. The average molecular weight is 345 g/mol. The lowest BCUT2D eigenvalue weighted by Gasteiger charge is -2.24. The van der Waals surface area contributed by atoms with E-state index in [0.29, 0.717) is 13.1 Å². The third-order valence-corrected chi connectivity index (χ3v) is 4.34. The Morgan fingerprint density at radius 1 is 0.731 bits per heavy atom. The van der Waals surface area contributed by atoms with Gasteiger partial charge in [-0.1, -0.05) is 91.0 Å². The first-order chi connectivity index (χ1) is 12.7. The number of aliphatic hydroxyl groups is 1. The fraction of sp³-hybridized carbons (Fsp3) is 0.174. The number of aliphatic hydroxyl groups excluding tert-OH is 1. The highest BCUT2D eigenvalue weighted by molar-refractivity contribution is 5.77. The van der Waals surface area contributed by atoms with Crippen molar-refractivity contribution in [3.05, 3.63) is 108 Å². The summed E-state index contributed by atoms with van der Waals surface area (Å²) in [5.74, 6) is -0.0611. The molecule has 3 heteroatoms. The van der Waals surface area contributed by atoms with Gasteiger partial charge in [-0.15, -0.1) is 0 Å². The van der Waals surface area contributed by atoms with Crippen molar-refractivity contribution in [2.75, 3.05) is 0 Å². The maximum Gasteiger partial charge on any atom is 0.226 e. The van der Waals surface area contributed by atoms with Gasteiger partial charge in [-0.05, 0) is 16.7 Å². The van der Waals surface area contributed by atoms with Crippen LogP contribution in [0.4, 0.5) is 0 Å². The topological polar surface area (TPSA) is 40.5 Å². The van der Waals surface area contributed by atoms with Gasteiger partial charge in [-0.2, -0.15) is 0 Å². The summed E-state index contributed by atoms with van der Waals surface area (Å²) < 4.78 is 0. The number of amides is 1. The van der Waals surface area contributed by atoms with Crippen molar-refractivity contribution in [1.82, 2.24) is 4.90 Å². The van der Waals surface area contributed by atoms with E-state index in [2.05, 4.69) is 0 Å². The van der Waals surface area contributed by atoms with Crippen molar-refractivity contribution >= 4 is 5.91 Å². The molecule has 26 heavy (non-hydrogen) atoms. The summed E-state index contributed by atoms with van der Waals surface area (Å²) in [5.41, 5.74) is 2.91. The molecule has 0 aliphatic rings. The minimum atomic E-state index is -0.794. The molecule has 3 aromatic carbocycles. The van der Waals surface area contributed by atoms with Crippen LogP contribution in [0.3, 0.4) is 0 Å². The molecular formula is C23H23NO2. The highest BCUT2D eigenvalue weighted by Gasteiger charge is 2.19. The van der Waals surface area contributed by atoms with Gasteiger partial charge in [0.25, 0.3) is 0 Å². The molecule has 1 N–H and O–H groups in total. The number of carbonyl (C=O) groups excluding carboxylic acids is 1. The van der Waals surface area contributed by atoms with E-state index in [9.17, 15) is 9.90 Å². The van der Waals surface area contributed by atoms with E-state index in [1.165, 1.54) is 0 Å². The van der Waals surface area contributed by atoms with Crippen molar-refractivity contribution in [1.29, 1.82) is 0 Å². The Morgan fingerprint density at radius 2 is 1.15 bits per heavy atom. The van der Waals surface area contributed by atoms with Crippen LogP contribution in [0, 0.1) is 0 Å². The van der Waals surface area contributed by atoms with Gasteiger partial charge in [0.2, 0.25) is 5.91 Å². The molecule has 0 saturated carbocycles. The van der Waals surface area contributed by atoms with E-state index in [0.717, 1.165) is 16.7 Å². The largest absolute Gasteiger partial charge is 0.388 e. The molecule has 3 nitrogen and oxygen atoms in total. The molecule has 0 aliphatic heterocycles. The summed E-state index contributed by atoms with van der Waals surface area (Å²) in [6.07, 6.45) is -0.721. The smallest absolute Gasteiger partial charge is 0.226 e. The highest BCUT2D eigenvalue weighted by atomic mass is 16.3. The molecule has 0 radical (unpaired) electrons. The molecule has 132 valence electrons. The Balaban J connectivity index is 1.74. The summed E-state index contributed by atoms with van der Waals surface area (Å²) in [6.45, 7) is 1.05. The number of hydrogen-bond acceptors (Lipinski definition) is 2. The molecule has 0 spiro atoms. The molecule has 0 aliphatic carbocycles. The van der Waals surface area contributed by atoms with Gasteiger partial charge in [0, 0.05) is 13.1 Å². The summed E-state index contributed by atoms with van der Waals surface area (Å²) in [6, 6.07) is 29.2. The van der Waals surface area contributed by atoms with Crippen molar-refractivity contribution in [3.8, 4) is 0 Å². The molecule has 3 aromatic rings. The molecule has 3 rings (SSSR count). The van der Waals surface area contributed by atoms with Gasteiger partial charge in [-0.25, -0.2) is 0 Å². The van der Waals surface area contributed by atoms with Crippen LogP contribution >= 0.6 is 0 Å². The van der Waals surface area contributed by atoms with Gasteiger partial charge < -0.3 is 10.0 Å². The molecule has 0 fully saturated rings. The van der Waals surface area contributed by atoms with E-state index in [-0.39, 0.29) is 12.3 Å². The lowest BCUT2D eigenvalue weighted by molar-refractivity contribution is -0.134. The van der Waals surface area contributed by atoms with E-state index < -0.39 is 6.10 Å². The van der Waals surface area contributed by atoms with E-state index >= 15 is 0 Å². The van der Waals surface area contributed by atoms with Crippen LogP contribution < -0.4 is 0 Å². The summed E-state index contributed by atoms with van der Waals surface area (Å²) in [4.78, 5) is 14.7. The van der Waals surface area contributed by atoms with Gasteiger partial charge in [0.15, 0.2) is 0 Å².